The third-order valence-corrected chi connectivity index (χ3v) is 6.57. The van der Waals surface area contributed by atoms with Crippen molar-refractivity contribution in [2.75, 3.05) is 11.1 Å². The minimum absolute atomic E-state index is 0.0207. The molecule has 1 aromatic carbocycles. The predicted molar refractivity (Wildman–Crippen MR) is 112 cm³/mol. The molecule has 0 radical (unpaired) electrons. The molecule has 0 aliphatic heterocycles. The summed E-state index contributed by atoms with van der Waals surface area (Å²) in [5.41, 5.74) is 4.44. The molecule has 26 heavy (non-hydrogen) atoms. The van der Waals surface area contributed by atoms with Gasteiger partial charge in [0.2, 0.25) is 5.91 Å². The highest BCUT2D eigenvalue weighted by molar-refractivity contribution is 8.00. The molecule has 0 aliphatic rings. The zero-order chi connectivity index (χ0) is 18.8. The second kappa shape index (κ2) is 7.76. The first kappa shape index (κ1) is 18.9. The van der Waals surface area contributed by atoms with Crippen LogP contribution in [-0.2, 0) is 11.2 Å². The van der Waals surface area contributed by atoms with E-state index < -0.39 is 0 Å². The van der Waals surface area contributed by atoms with Crippen LogP contribution < -0.4 is 5.32 Å². The van der Waals surface area contributed by atoms with E-state index in [1.165, 1.54) is 33.3 Å². The minimum Gasteiger partial charge on any atom is -0.325 e. The predicted octanol–water partition coefficient (Wildman–Crippen LogP) is 5.22. The van der Waals surface area contributed by atoms with E-state index in [4.69, 9.17) is 0 Å². The van der Waals surface area contributed by atoms with Crippen molar-refractivity contribution in [3.8, 4) is 0 Å². The summed E-state index contributed by atoms with van der Waals surface area (Å²) < 4.78 is 0. The van der Waals surface area contributed by atoms with Gasteiger partial charge in [-0.05, 0) is 56.5 Å². The van der Waals surface area contributed by atoms with Crippen molar-refractivity contribution in [3.63, 3.8) is 0 Å². The molecule has 3 aromatic rings. The van der Waals surface area contributed by atoms with E-state index in [9.17, 15) is 4.79 Å². The number of hydrogen-bond acceptors (Lipinski definition) is 5. The van der Waals surface area contributed by atoms with Crippen molar-refractivity contribution in [3.05, 3.63) is 45.6 Å². The number of amides is 1. The molecule has 4 nitrogen and oxygen atoms in total. The second-order valence-electron chi connectivity index (χ2n) is 6.40. The maximum atomic E-state index is 12.4. The van der Waals surface area contributed by atoms with E-state index in [1.807, 2.05) is 25.1 Å². The third-order valence-electron chi connectivity index (χ3n) is 4.49. The number of carbonyl (C=O) groups excluding carboxylic acids is 1. The molecule has 0 saturated heterocycles. The molecule has 0 spiro atoms. The highest BCUT2D eigenvalue weighted by atomic mass is 32.2. The average Bonchev–Trinajstić information content (AvgIpc) is 2.90. The van der Waals surface area contributed by atoms with E-state index in [0.717, 1.165) is 33.2 Å². The van der Waals surface area contributed by atoms with Crippen LogP contribution in [0.4, 0.5) is 5.69 Å². The summed E-state index contributed by atoms with van der Waals surface area (Å²) in [6.07, 6.45) is 0.786. The number of carbonyl (C=O) groups is 1. The number of anilines is 1. The lowest BCUT2D eigenvalue weighted by molar-refractivity contribution is -0.113. The van der Waals surface area contributed by atoms with Crippen LogP contribution in [0.5, 0.6) is 0 Å². The molecule has 0 aliphatic carbocycles. The smallest absolute Gasteiger partial charge is 0.234 e. The number of aromatic nitrogens is 2. The maximum Gasteiger partial charge on any atom is 0.234 e. The number of aryl methyl sites for hydroxylation is 5. The SMILES string of the molecule is CCc1nc(SCC(=O)Nc2ccc(C)c(C)c2)c2c(C)c(C)sc2n1. The molecule has 0 atom stereocenters. The van der Waals surface area contributed by atoms with Crippen molar-refractivity contribution in [1.29, 1.82) is 0 Å². The van der Waals surface area contributed by atoms with Gasteiger partial charge in [0.25, 0.3) is 0 Å². The average molecular weight is 386 g/mol. The number of thiophene rings is 1. The zero-order valence-electron chi connectivity index (χ0n) is 15.8. The van der Waals surface area contributed by atoms with Crippen molar-refractivity contribution in [2.45, 2.75) is 46.1 Å². The summed E-state index contributed by atoms with van der Waals surface area (Å²) in [7, 11) is 0. The summed E-state index contributed by atoms with van der Waals surface area (Å²) in [6.45, 7) is 10.4. The number of hydrogen-bond donors (Lipinski definition) is 1. The van der Waals surface area contributed by atoms with Gasteiger partial charge in [0, 0.05) is 22.4 Å². The van der Waals surface area contributed by atoms with Crippen molar-refractivity contribution in [1.82, 2.24) is 9.97 Å². The van der Waals surface area contributed by atoms with Crippen molar-refractivity contribution in [2.24, 2.45) is 0 Å². The highest BCUT2D eigenvalue weighted by Crippen LogP contribution is 2.35. The van der Waals surface area contributed by atoms with Crippen LogP contribution in [0.2, 0.25) is 0 Å². The van der Waals surface area contributed by atoms with Gasteiger partial charge in [0.15, 0.2) is 0 Å². The summed E-state index contributed by atoms with van der Waals surface area (Å²) in [4.78, 5) is 24.0. The monoisotopic (exact) mass is 385 g/mol. The molecule has 2 aromatic heterocycles. The normalized spacial score (nSPS) is 11.1. The lowest BCUT2D eigenvalue weighted by Crippen LogP contribution is -2.14. The number of thioether (sulfide) groups is 1. The molecule has 136 valence electrons. The van der Waals surface area contributed by atoms with Crippen LogP contribution in [0.25, 0.3) is 10.2 Å². The van der Waals surface area contributed by atoms with Crippen molar-refractivity contribution >= 4 is 44.9 Å². The van der Waals surface area contributed by atoms with Crippen LogP contribution in [0.1, 0.15) is 34.3 Å². The molecule has 0 saturated carbocycles. The number of nitrogens with zero attached hydrogens (tertiary/aromatic N) is 2. The largest absolute Gasteiger partial charge is 0.325 e. The van der Waals surface area contributed by atoms with Gasteiger partial charge >= 0.3 is 0 Å². The maximum absolute atomic E-state index is 12.4. The molecular weight excluding hydrogens is 362 g/mol. The van der Waals surface area contributed by atoms with Crippen LogP contribution >= 0.6 is 23.1 Å². The van der Waals surface area contributed by atoms with E-state index in [-0.39, 0.29) is 5.91 Å². The fourth-order valence-electron chi connectivity index (χ4n) is 2.67. The molecular formula is C20H23N3OS2. The van der Waals surface area contributed by atoms with Gasteiger partial charge in [-0.15, -0.1) is 11.3 Å². The van der Waals surface area contributed by atoms with E-state index in [0.29, 0.717) is 5.75 Å². The number of fused-ring (bicyclic) bond motifs is 1. The van der Waals surface area contributed by atoms with Crippen LogP contribution in [-0.4, -0.2) is 21.6 Å². The summed E-state index contributed by atoms with van der Waals surface area (Å²) in [5.74, 6) is 1.14. The fraction of sp³-hybridized carbons (Fsp3) is 0.350. The summed E-state index contributed by atoms with van der Waals surface area (Å²) in [5, 5.41) is 4.97. The topological polar surface area (TPSA) is 54.9 Å². The molecule has 3 rings (SSSR count). The summed E-state index contributed by atoms with van der Waals surface area (Å²) >= 11 is 3.18. The Morgan fingerprint density at radius 3 is 2.62 bits per heavy atom. The van der Waals surface area contributed by atoms with Gasteiger partial charge in [-0.1, -0.05) is 24.8 Å². The first-order chi connectivity index (χ1) is 12.4. The quantitative estimate of drug-likeness (QED) is 0.483. The number of benzene rings is 1. The van der Waals surface area contributed by atoms with Crippen LogP contribution in [0.15, 0.2) is 23.2 Å². The fourth-order valence-corrected chi connectivity index (χ4v) is 4.68. The summed E-state index contributed by atoms with van der Waals surface area (Å²) in [6, 6.07) is 5.97. The molecule has 1 N–H and O–H groups in total. The first-order valence-electron chi connectivity index (χ1n) is 8.65. The Hall–Kier alpha value is -1.92. The van der Waals surface area contributed by atoms with Gasteiger partial charge in [0.1, 0.15) is 15.7 Å². The Morgan fingerprint density at radius 2 is 1.92 bits per heavy atom. The Morgan fingerprint density at radius 1 is 1.15 bits per heavy atom. The first-order valence-corrected chi connectivity index (χ1v) is 10.5. The Labute approximate surface area is 162 Å². The van der Waals surface area contributed by atoms with Crippen LogP contribution in [0.3, 0.4) is 0 Å². The Bertz CT molecular complexity index is 979. The van der Waals surface area contributed by atoms with E-state index in [1.54, 1.807) is 11.3 Å². The lowest BCUT2D eigenvalue weighted by Gasteiger charge is -2.09. The van der Waals surface area contributed by atoms with Gasteiger partial charge in [-0.25, -0.2) is 9.97 Å². The Kier molecular flexibility index (Phi) is 5.63. The highest BCUT2D eigenvalue weighted by Gasteiger charge is 2.16. The van der Waals surface area contributed by atoms with Gasteiger partial charge in [-0.3, -0.25) is 4.79 Å². The molecule has 0 bridgehead atoms. The second-order valence-corrected chi connectivity index (χ2v) is 8.57. The van der Waals surface area contributed by atoms with E-state index in [2.05, 4.69) is 43.0 Å². The van der Waals surface area contributed by atoms with E-state index >= 15 is 0 Å². The molecule has 0 unspecified atom stereocenters. The standard InChI is InChI=1S/C20H23N3OS2/c1-6-16-22-19(18-13(4)14(5)26-20(18)23-16)25-10-17(24)21-15-8-7-11(2)12(3)9-15/h7-9H,6,10H2,1-5H3,(H,21,24). The minimum atomic E-state index is -0.0207. The van der Waals surface area contributed by atoms with Gasteiger partial charge in [-0.2, -0.15) is 0 Å². The lowest BCUT2D eigenvalue weighted by atomic mass is 10.1. The zero-order valence-corrected chi connectivity index (χ0v) is 17.4. The number of nitrogens with one attached hydrogen (secondary N) is 1. The third kappa shape index (κ3) is 3.91. The molecule has 2 heterocycles. The van der Waals surface area contributed by atoms with Crippen LogP contribution in [0, 0.1) is 27.7 Å². The van der Waals surface area contributed by atoms with Gasteiger partial charge < -0.3 is 5.32 Å². The molecule has 6 heteroatoms. The van der Waals surface area contributed by atoms with Gasteiger partial charge in [0.05, 0.1) is 5.75 Å². The Balaban J connectivity index is 1.78. The molecule has 1 amide bonds. The number of rotatable bonds is 5. The molecule has 0 fully saturated rings. The van der Waals surface area contributed by atoms with Crippen molar-refractivity contribution < 1.29 is 4.79 Å².